The summed E-state index contributed by atoms with van der Waals surface area (Å²) in [6.45, 7) is 0. The Morgan fingerprint density at radius 1 is 0.190 bits per heavy atom. The van der Waals surface area contributed by atoms with E-state index >= 15 is 0 Å². The molecule has 0 bridgehead atoms. The van der Waals surface area contributed by atoms with E-state index in [9.17, 15) is 0 Å². The molecule has 0 aromatic rings. The zero-order chi connectivity index (χ0) is 22.0. The van der Waals surface area contributed by atoms with Crippen LogP contribution in [0.4, 0.5) is 0 Å². The Balaban J connectivity index is -0.00000000212. The van der Waals surface area contributed by atoms with E-state index in [2.05, 4.69) is 67.6 Å². The summed E-state index contributed by atoms with van der Waals surface area (Å²) in [6.07, 6.45) is 41.2. The maximum absolute atomic E-state index is 5.25. The van der Waals surface area contributed by atoms with Crippen molar-refractivity contribution in [3.05, 3.63) is 0 Å². The van der Waals surface area contributed by atoms with Gasteiger partial charge in [-0.15, -0.1) is 0 Å². The lowest BCUT2D eigenvalue weighted by Gasteiger charge is -0.345. The first kappa shape index (κ1) is 70.5. The van der Waals surface area contributed by atoms with Crippen molar-refractivity contribution in [2.75, 3.05) is 0 Å². The molecule has 11 heteroatoms. The molecule has 0 aliphatic rings. The zero-order valence-corrected chi connectivity index (χ0v) is 6.35. The average molecular weight is 359 g/mol. The Hall–Kier alpha value is -0.440. The average Bonchev–Trinajstić information content (AvgIpc) is 2.78. The SMILES string of the molecule is C.C.C.C.C.C.C.C.C.C.[2H]N.[2H]N.[2H]N.[2H]N.[2H]N.[2H]N.[2H]N.[2H]N.[2H]N.[2H]N.[2H]N. The van der Waals surface area contributed by atoms with Gasteiger partial charge >= 0.3 is 0 Å². The maximum atomic E-state index is 5.25. The van der Waals surface area contributed by atoms with Crippen molar-refractivity contribution < 1.29 is 15.5 Å². The summed E-state index contributed by atoms with van der Waals surface area (Å²) in [5, 5.41) is 0. The second-order valence-corrected chi connectivity index (χ2v) is 0. The number of hydrogen-bond acceptors (Lipinski definition) is 11. The summed E-state index contributed by atoms with van der Waals surface area (Å²) in [5.74, 6) is 0. The van der Waals surface area contributed by atoms with Crippen molar-refractivity contribution in [2.24, 2.45) is 0 Å². The topological polar surface area (TPSA) is 385 Å². The highest BCUT2D eigenvalue weighted by Crippen LogP contribution is 0.153. The normalized spacial score (nSPS) is 3.67. The van der Waals surface area contributed by atoms with E-state index in [-0.39, 0.29) is 74.3 Å². The molecule has 0 radical (unpaired) electrons. The summed E-state index contributed by atoms with van der Waals surface area (Å²) in [4.78, 5) is 0. The molecule has 0 fully saturated rings. The summed E-state index contributed by atoms with van der Waals surface area (Å²) < 4.78 is 57.8. The minimum absolute atomic E-state index is 0. The Kier molecular flexibility index (Phi) is 117000. The highest BCUT2D eigenvalue weighted by atomic mass is 14.0. The van der Waals surface area contributed by atoms with Crippen LogP contribution in [0.15, 0.2) is 0 Å². The van der Waals surface area contributed by atoms with Crippen LogP contribution >= 0.6 is 0 Å². The van der Waals surface area contributed by atoms with Crippen molar-refractivity contribution in [2.45, 2.75) is 74.3 Å². The lowest BCUT2D eigenvalue weighted by atomic mass is 12.0. The van der Waals surface area contributed by atoms with E-state index in [1.165, 1.54) is 0 Å². The molecule has 0 aromatic heterocycles. The molecule has 0 aliphatic carbocycles. The van der Waals surface area contributed by atoms with Gasteiger partial charge in [-0.3, -0.25) is 0 Å². The van der Waals surface area contributed by atoms with Crippen LogP contribution in [0, 0.1) is 0 Å². The van der Waals surface area contributed by atoms with Crippen LogP contribution in [0.2, 0.25) is 15.5 Å². The second-order valence-electron chi connectivity index (χ2n) is 0. The van der Waals surface area contributed by atoms with E-state index < -0.39 is 0 Å². The van der Waals surface area contributed by atoms with E-state index in [0.717, 1.165) is 0 Å². The minimum atomic E-state index is 0. The van der Waals surface area contributed by atoms with Gasteiger partial charge in [0.1, 0.15) is 15.5 Å². The molecular weight excluding hydrogens is 274 g/mol. The zero-order valence-electron chi connectivity index (χ0n) is 17.4. The fourth-order valence-corrected chi connectivity index (χ4v) is 0. The molecule has 33 N–H and O–H groups in total. The van der Waals surface area contributed by atoms with Gasteiger partial charge in [0, 0.05) is 0 Å². The van der Waals surface area contributed by atoms with Gasteiger partial charge in [-0.05, 0) is 0 Å². The molecule has 0 heterocycles. The van der Waals surface area contributed by atoms with E-state index in [1.807, 2.05) is 0 Å². The highest BCUT2D eigenvalue weighted by molar-refractivity contribution is 2.51. The standard InChI is InChI=1S/10CH4.11H3N/h10*1H4;11*1H3/i/hD11. The Morgan fingerprint density at radius 2 is 0.190 bits per heavy atom. The van der Waals surface area contributed by atoms with Crippen molar-refractivity contribution in [3.8, 4) is 0 Å². The first-order valence-corrected chi connectivity index (χ1v) is 0. The molecule has 0 saturated carbocycles. The molecule has 21 heavy (non-hydrogen) atoms. The minimum Gasteiger partial charge on any atom is -0.344 e. The fraction of sp³-hybridized carbons (Fsp3) is 1.00. The molecule has 0 aliphatic heterocycles. The van der Waals surface area contributed by atoms with Crippen LogP contribution in [-0.2, 0) is 0 Å². The lowest BCUT2D eigenvalue weighted by Crippen LogP contribution is -0.482. The van der Waals surface area contributed by atoms with Crippen LogP contribution < -0.4 is 67.6 Å². The van der Waals surface area contributed by atoms with E-state index in [0.29, 0.717) is 0 Å². The largest absolute Gasteiger partial charge is 0.344 e. The first-order chi connectivity index (χ1) is 11.0. The molecule has 0 saturated heterocycles. The van der Waals surface area contributed by atoms with Crippen molar-refractivity contribution in [1.29, 1.82) is 0 Å². The molecule has 0 spiro atoms. The van der Waals surface area contributed by atoms with Crippen molar-refractivity contribution in [3.63, 3.8) is 0 Å². The Bertz CT molecular complexity index is 50.7. The third-order valence-corrected chi connectivity index (χ3v) is 0. The fourth-order valence-electron chi connectivity index (χ4n) is 0. The third kappa shape index (κ3) is 31200. The van der Waals surface area contributed by atoms with Crippen molar-refractivity contribution >= 4 is 0 Å². The number of hydrogen-bond donors (Lipinski definition) is 11. The summed E-state index contributed by atoms with van der Waals surface area (Å²) in [7, 11) is 0. The van der Waals surface area contributed by atoms with Crippen LogP contribution in [0.3, 0.4) is 0 Å². The third-order valence-electron chi connectivity index (χ3n) is 0. The van der Waals surface area contributed by atoms with Gasteiger partial charge in [-0.1, -0.05) is 74.3 Å². The smallest absolute Gasteiger partial charge is 0.115 e. The highest BCUT2D eigenvalue weighted by Gasteiger charge is -0.0681. The molecular formula is C10H73N11. The van der Waals surface area contributed by atoms with E-state index in [4.69, 9.17) is 15.5 Å². The lowest BCUT2D eigenvalue weighted by molar-refractivity contribution is 2.13. The van der Waals surface area contributed by atoms with Crippen LogP contribution in [0.25, 0.3) is 0 Å². The van der Waals surface area contributed by atoms with Crippen LogP contribution in [0.1, 0.15) is 74.3 Å². The summed E-state index contributed by atoms with van der Waals surface area (Å²) >= 11 is 0. The number of rotatable bonds is 0. The molecule has 168 valence electrons. The Morgan fingerprint density at radius 3 is 0.190 bits per heavy atom. The molecule has 0 rings (SSSR count). The van der Waals surface area contributed by atoms with Crippen LogP contribution in [-0.4, -0.2) is 0 Å². The van der Waals surface area contributed by atoms with Gasteiger partial charge in [0.05, 0.1) is 0 Å². The molecule has 11 nitrogen and oxygen atoms in total. The van der Waals surface area contributed by atoms with E-state index in [1.54, 1.807) is 0 Å². The van der Waals surface area contributed by atoms with Gasteiger partial charge in [0.15, 0.2) is 0 Å². The first-order valence-electron chi connectivity index (χ1n) is 6.35. The van der Waals surface area contributed by atoms with Gasteiger partial charge < -0.3 is 67.6 Å². The van der Waals surface area contributed by atoms with Crippen LogP contribution in [0.5, 0.6) is 0 Å². The molecule has 0 aromatic carbocycles. The summed E-state index contributed by atoms with van der Waals surface area (Å²) in [5.41, 5.74) is 0. The molecule has 0 atom stereocenters. The molecule has 0 amide bonds. The summed E-state index contributed by atoms with van der Waals surface area (Å²) in [6, 6.07) is 0. The van der Waals surface area contributed by atoms with Gasteiger partial charge in [-0.25, -0.2) is 0 Å². The molecule has 0 unspecified atom stereocenters. The van der Waals surface area contributed by atoms with Gasteiger partial charge in [-0.2, -0.15) is 0 Å². The predicted molar refractivity (Wildman–Crippen MR) is 123 cm³/mol. The Labute approximate surface area is 159 Å². The van der Waals surface area contributed by atoms with Gasteiger partial charge in [0.2, 0.25) is 0 Å². The predicted octanol–water partition coefficient (Wildman–Crippen LogP) is 8.14. The van der Waals surface area contributed by atoms with Gasteiger partial charge in [0.25, 0.3) is 0 Å². The second kappa shape index (κ2) is 34800. The maximum Gasteiger partial charge on any atom is 0.115 e. The quantitative estimate of drug-likeness (QED) is 0.195. The monoisotopic (exact) mass is 359 g/mol. The van der Waals surface area contributed by atoms with Crippen molar-refractivity contribution in [1.82, 2.24) is 67.6 Å².